The molecule has 5 rings (SSSR count). The monoisotopic (exact) mass is 528 g/mol. The third kappa shape index (κ3) is 6.82. The lowest BCUT2D eigenvalue weighted by Crippen LogP contribution is -2.48. The van der Waals surface area contributed by atoms with E-state index in [1.54, 1.807) is 12.0 Å². The Morgan fingerprint density at radius 3 is 2.05 bits per heavy atom. The normalized spacial score (nSPS) is 17.0. The van der Waals surface area contributed by atoms with Gasteiger partial charge < -0.3 is 14.2 Å². The minimum absolute atomic E-state index is 0.177. The van der Waals surface area contributed by atoms with Gasteiger partial charge in [-0.2, -0.15) is 0 Å². The molecule has 0 bridgehead atoms. The minimum atomic E-state index is 0.177. The van der Waals surface area contributed by atoms with E-state index in [1.807, 2.05) is 0 Å². The van der Waals surface area contributed by atoms with Crippen molar-refractivity contribution in [3.8, 4) is 5.75 Å². The maximum absolute atomic E-state index is 9.71. The van der Waals surface area contributed by atoms with Crippen LogP contribution in [-0.2, 0) is 0 Å². The molecular formula is C33H40N2O2S. The Labute approximate surface area is 232 Å². The van der Waals surface area contributed by atoms with Gasteiger partial charge in [-0.05, 0) is 91.6 Å². The summed E-state index contributed by atoms with van der Waals surface area (Å²) in [5, 5.41) is 10.4. The SMILES string of the molecule is CC(C)N1CCN(c2ccc(/C(=C(/CCCO)c3ccccc3)c3ccc(OSC4CC4)cc3)cc2)CC1. The van der Waals surface area contributed by atoms with E-state index < -0.39 is 0 Å². The topological polar surface area (TPSA) is 35.9 Å². The first-order valence-electron chi connectivity index (χ1n) is 14.0. The predicted molar refractivity (Wildman–Crippen MR) is 162 cm³/mol. The van der Waals surface area contributed by atoms with Crippen LogP contribution in [0.4, 0.5) is 5.69 Å². The van der Waals surface area contributed by atoms with Gasteiger partial charge in [0.05, 0.1) is 12.0 Å². The van der Waals surface area contributed by atoms with Crippen LogP contribution < -0.4 is 9.08 Å². The second kappa shape index (κ2) is 12.9. The molecule has 38 heavy (non-hydrogen) atoms. The van der Waals surface area contributed by atoms with Crippen LogP contribution in [0.3, 0.4) is 0 Å². The van der Waals surface area contributed by atoms with Crippen LogP contribution in [-0.4, -0.2) is 54.1 Å². The molecule has 1 aliphatic heterocycles. The Morgan fingerprint density at radius 2 is 1.47 bits per heavy atom. The van der Waals surface area contributed by atoms with Gasteiger partial charge >= 0.3 is 0 Å². The van der Waals surface area contributed by atoms with E-state index in [0.29, 0.717) is 11.3 Å². The summed E-state index contributed by atoms with van der Waals surface area (Å²) in [5.41, 5.74) is 7.35. The lowest BCUT2D eigenvalue weighted by atomic mass is 9.87. The average Bonchev–Trinajstić information content (AvgIpc) is 3.80. The van der Waals surface area contributed by atoms with Crippen molar-refractivity contribution in [2.24, 2.45) is 0 Å². The fourth-order valence-corrected chi connectivity index (χ4v) is 5.81. The third-order valence-corrected chi connectivity index (χ3v) is 8.55. The van der Waals surface area contributed by atoms with Crippen LogP contribution in [0.1, 0.15) is 56.2 Å². The van der Waals surface area contributed by atoms with Crippen LogP contribution in [0, 0.1) is 0 Å². The summed E-state index contributed by atoms with van der Waals surface area (Å²) >= 11 is 1.59. The molecule has 1 heterocycles. The smallest absolute Gasteiger partial charge is 0.137 e. The van der Waals surface area contributed by atoms with Crippen LogP contribution in [0.5, 0.6) is 5.75 Å². The van der Waals surface area contributed by atoms with Crippen molar-refractivity contribution in [2.45, 2.75) is 50.8 Å². The van der Waals surface area contributed by atoms with Crippen LogP contribution >= 0.6 is 12.0 Å². The number of rotatable bonds is 11. The molecule has 2 fully saturated rings. The Hall–Kier alpha value is -2.73. The number of allylic oxidation sites excluding steroid dienone is 1. The molecule has 2 aliphatic rings. The number of anilines is 1. The van der Waals surface area contributed by atoms with E-state index in [0.717, 1.165) is 44.8 Å². The summed E-state index contributed by atoms with van der Waals surface area (Å²) in [6.07, 6.45) is 4.05. The second-order valence-corrected chi connectivity index (χ2v) is 11.6. The fraction of sp³-hybridized carbons (Fsp3) is 0.394. The maximum atomic E-state index is 9.71. The fourth-order valence-electron chi connectivity index (χ4n) is 5.12. The molecule has 200 valence electrons. The van der Waals surface area contributed by atoms with Crippen molar-refractivity contribution in [2.75, 3.05) is 37.7 Å². The molecule has 0 unspecified atom stereocenters. The number of hydrogen-bond acceptors (Lipinski definition) is 5. The number of nitrogens with zero attached hydrogens (tertiary/aromatic N) is 2. The molecule has 1 saturated heterocycles. The van der Waals surface area contributed by atoms with Crippen molar-refractivity contribution in [3.63, 3.8) is 0 Å². The van der Waals surface area contributed by atoms with Gasteiger partial charge in [0.15, 0.2) is 0 Å². The average molecular weight is 529 g/mol. The summed E-state index contributed by atoms with van der Waals surface area (Å²) in [5.74, 6) is 0.900. The summed E-state index contributed by atoms with van der Waals surface area (Å²) in [7, 11) is 0. The number of benzene rings is 3. The van der Waals surface area contributed by atoms with E-state index in [9.17, 15) is 5.11 Å². The molecule has 3 aromatic rings. The van der Waals surface area contributed by atoms with E-state index in [-0.39, 0.29) is 6.61 Å². The van der Waals surface area contributed by atoms with E-state index >= 15 is 0 Å². The van der Waals surface area contributed by atoms with Crippen molar-refractivity contribution < 1.29 is 9.29 Å². The van der Waals surface area contributed by atoms with Gasteiger partial charge in [0.2, 0.25) is 0 Å². The molecule has 0 amide bonds. The van der Waals surface area contributed by atoms with Crippen molar-refractivity contribution >= 4 is 28.9 Å². The van der Waals surface area contributed by atoms with Gasteiger partial charge in [0.25, 0.3) is 0 Å². The van der Waals surface area contributed by atoms with E-state index in [2.05, 4.69) is 103 Å². The molecule has 1 N–H and O–H groups in total. The van der Waals surface area contributed by atoms with Crippen LogP contribution in [0.25, 0.3) is 11.1 Å². The number of aliphatic hydroxyl groups is 1. The second-order valence-electron chi connectivity index (χ2n) is 10.6. The Morgan fingerprint density at radius 1 is 0.842 bits per heavy atom. The summed E-state index contributed by atoms with van der Waals surface area (Å²) in [6.45, 7) is 9.08. The first-order valence-corrected chi connectivity index (χ1v) is 14.9. The molecule has 3 aromatic carbocycles. The van der Waals surface area contributed by atoms with Crippen LogP contribution in [0.2, 0.25) is 0 Å². The van der Waals surface area contributed by atoms with Gasteiger partial charge in [-0.15, -0.1) is 0 Å². The van der Waals surface area contributed by atoms with Crippen LogP contribution in [0.15, 0.2) is 78.9 Å². The molecule has 1 aliphatic carbocycles. The molecule has 0 spiro atoms. The molecular weight excluding hydrogens is 488 g/mol. The standard InChI is InChI=1S/C33H40N2O2S/c1-25(2)34-20-22-35(23-21-34)29-14-10-27(11-15-29)33(32(9-6-24-36)26-7-4-3-5-8-26)28-12-16-30(17-13-28)37-38-31-18-19-31/h3-5,7-8,10-17,25,31,36H,6,9,18-24H2,1-2H3/b33-32+. The summed E-state index contributed by atoms with van der Waals surface area (Å²) < 4.78 is 5.94. The van der Waals surface area contributed by atoms with Gasteiger partial charge in [-0.1, -0.05) is 54.6 Å². The molecule has 0 aromatic heterocycles. The molecule has 5 heteroatoms. The lowest BCUT2D eigenvalue weighted by Gasteiger charge is -2.38. The first kappa shape index (κ1) is 26.9. The number of hydrogen-bond donors (Lipinski definition) is 1. The maximum Gasteiger partial charge on any atom is 0.137 e. The highest BCUT2D eigenvalue weighted by atomic mass is 32.2. The third-order valence-electron chi connectivity index (χ3n) is 7.52. The Balaban J connectivity index is 1.47. The van der Waals surface area contributed by atoms with Gasteiger partial charge in [0.1, 0.15) is 5.75 Å². The molecule has 0 radical (unpaired) electrons. The zero-order valence-corrected chi connectivity index (χ0v) is 23.5. The number of aliphatic hydroxyl groups excluding tert-OH is 1. The summed E-state index contributed by atoms with van der Waals surface area (Å²) in [4.78, 5) is 5.05. The van der Waals surface area contributed by atoms with Crippen molar-refractivity contribution in [1.29, 1.82) is 0 Å². The Kier molecular flexibility index (Phi) is 9.10. The largest absolute Gasteiger partial charge is 0.426 e. The lowest BCUT2D eigenvalue weighted by molar-refractivity contribution is 0.209. The van der Waals surface area contributed by atoms with Crippen molar-refractivity contribution in [3.05, 3.63) is 95.6 Å². The first-order chi connectivity index (χ1) is 18.6. The van der Waals surface area contributed by atoms with E-state index in [4.69, 9.17) is 4.18 Å². The highest BCUT2D eigenvalue weighted by Gasteiger charge is 2.24. The number of piperazine rings is 1. The molecule has 1 saturated carbocycles. The highest BCUT2D eigenvalue weighted by molar-refractivity contribution is 7.95. The van der Waals surface area contributed by atoms with E-state index in [1.165, 1.54) is 46.4 Å². The molecule has 0 atom stereocenters. The quantitative estimate of drug-likeness (QED) is 0.211. The van der Waals surface area contributed by atoms with Gasteiger partial charge in [0, 0.05) is 49.8 Å². The molecule has 4 nitrogen and oxygen atoms in total. The Bertz CT molecular complexity index is 1180. The summed E-state index contributed by atoms with van der Waals surface area (Å²) in [6, 6.07) is 28.8. The van der Waals surface area contributed by atoms with Gasteiger partial charge in [-0.25, -0.2) is 0 Å². The van der Waals surface area contributed by atoms with Crippen molar-refractivity contribution in [1.82, 2.24) is 4.90 Å². The highest BCUT2D eigenvalue weighted by Crippen LogP contribution is 2.38. The predicted octanol–water partition coefficient (Wildman–Crippen LogP) is 7.14. The zero-order chi connectivity index (χ0) is 26.3. The van der Waals surface area contributed by atoms with Gasteiger partial charge in [-0.3, -0.25) is 4.90 Å². The zero-order valence-electron chi connectivity index (χ0n) is 22.7. The minimum Gasteiger partial charge on any atom is -0.426 e.